The van der Waals surface area contributed by atoms with Crippen LogP contribution in [0.1, 0.15) is 31.8 Å². The number of primary amides is 1. The molecule has 9 heteroatoms. The van der Waals surface area contributed by atoms with Gasteiger partial charge in [-0.3, -0.25) is 19.3 Å². The van der Waals surface area contributed by atoms with E-state index < -0.39 is 11.9 Å². The van der Waals surface area contributed by atoms with Crippen molar-refractivity contribution in [2.75, 3.05) is 11.9 Å². The van der Waals surface area contributed by atoms with E-state index in [1.54, 1.807) is 66.7 Å². The summed E-state index contributed by atoms with van der Waals surface area (Å²) in [5, 5.41) is 5.30. The lowest BCUT2D eigenvalue weighted by Crippen LogP contribution is -2.30. The summed E-state index contributed by atoms with van der Waals surface area (Å²) in [6, 6.07) is 20.1. The summed E-state index contributed by atoms with van der Waals surface area (Å²) >= 11 is 0. The first-order valence-electron chi connectivity index (χ1n) is 10.5. The van der Waals surface area contributed by atoms with Gasteiger partial charge in [-0.15, -0.1) is 0 Å². The Labute approximate surface area is 195 Å². The average Bonchev–Trinajstić information content (AvgIpc) is 3.15. The maximum absolute atomic E-state index is 12.8. The summed E-state index contributed by atoms with van der Waals surface area (Å²) in [4.78, 5) is 49.0. The highest BCUT2D eigenvalue weighted by molar-refractivity contribution is 6.04. The van der Waals surface area contributed by atoms with E-state index in [0.29, 0.717) is 22.6 Å². The van der Waals surface area contributed by atoms with Crippen LogP contribution in [-0.2, 0) is 17.9 Å². The van der Waals surface area contributed by atoms with Crippen LogP contribution in [0, 0.1) is 0 Å². The largest absolute Gasteiger partial charge is 0.488 e. The van der Waals surface area contributed by atoms with Gasteiger partial charge < -0.3 is 21.1 Å². The monoisotopic (exact) mass is 458 g/mol. The first-order chi connectivity index (χ1) is 16.4. The Morgan fingerprint density at radius 3 is 2.50 bits per heavy atom. The summed E-state index contributed by atoms with van der Waals surface area (Å²) < 4.78 is 5.74. The lowest BCUT2D eigenvalue weighted by molar-refractivity contribution is -0.125. The highest BCUT2D eigenvalue weighted by Crippen LogP contribution is 2.20. The van der Waals surface area contributed by atoms with Gasteiger partial charge in [0.1, 0.15) is 12.4 Å². The Balaban J connectivity index is 1.41. The molecular formula is C25H22N4O5. The Morgan fingerprint density at radius 1 is 0.971 bits per heavy atom. The van der Waals surface area contributed by atoms with E-state index in [9.17, 15) is 19.2 Å². The normalized spacial score (nSPS) is 12.9. The second-order valence-electron chi connectivity index (χ2n) is 7.64. The van der Waals surface area contributed by atoms with E-state index >= 15 is 0 Å². The fraction of sp³-hybridized carbons (Fsp3) is 0.120. The number of nitrogens with zero attached hydrogens (tertiary/aromatic N) is 1. The molecule has 0 bridgehead atoms. The fourth-order valence-electron chi connectivity index (χ4n) is 3.51. The van der Waals surface area contributed by atoms with Crippen molar-refractivity contribution in [2.24, 2.45) is 5.73 Å². The van der Waals surface area contributed by atoms with Gasteiger partial charge in [-0.1, -0.05) is 36.4 Å². The van der Waals surface area contributed by atoms with E-state index in [0.717, 1.165) is 10.5 Å². The zero-order valence-corrected chi connectivity index (χ0v) is 18.1. The lowest BCUT2D eigenvalue weighted by Gasteiger charge is -2.14. The van der Waals surface area contributed by atoms with Crippen molar-refractivity contribution in [1.82, 2.24) is 10.2 Å². The molecule has 1 saturated heterocycles. The lowest BCUT2D eigenvalue weighted by atomic mass is 10.1. The molecule has 1 aliphatic heterocycles. The van der Waals surface area contributed by atoms with Gasteiger partial charge in [-0.25, -0.2) is 4.79 Å². The molecule has 0 aliphatic carbocycles. The second-order valence-corrected chi connectivity index (χ2v) is 7.64. The van der Waals surface area contributed by atoms with Crippen molar-refractivity contribution < 1.29 is 23.9 Å². The number of anilines is 1. The van der Waals surface area contributed by atoms with Crippen LogP contribution in [0.25, 0.3) is 0 Å². The topological polar surface area (TPSA) is 131 Å². The van der Waals surface area contributed by atoms with E-state index in [4.69, 9.17) is 10.5 Å². The molecule has 0 saturated carbocycles. The van der Waals surface area contributed by atoms with E-state index in [2.05, 4.69) is 10.6 Å². The number of amides is 5. The number of carbonyl (C=O) groups excluding carboxylic acids is 4. The summed E-state index contributed by atoms with van der Waals surface area (Å²) in [7, 11) is 0. The van der Waals surface area contributed by atoms with E-state index in [1.165, 1.54) is 0 Å². The average molecular weight is 458 g/mol. The summed E-state index contributed by atoms with van der Waals surface area (Å²) in [5.41, 5.74) is 8.06. The number of para-hydroxylation sites is 1. The molecular weight excluding hydrogens is 436 g/mol. The quantitative estimate of drug-likeness (QED) is 0.447. The number of hydrogen-bond acceptors (Lipinski definition) is 5. The number of imide groups is 1. The van der Waals surface area contributed by atoms with Crippen LogP contribution in [0.2, 0.25) is 0 Å². The standard InChI is InChI=1S/C25H22N4O5/c26-23(31)20-9-1-2-10-21(20)34-15-17-6-3-7-18(11-17)24(32)28-19-8-4-5-16(12-19)14-29-22(30)13-27-25(29)33/h1-12H,13-15H2,(H2,26,31)(H,27,33)(H,28,32). The number of benzene rings is 3. The zero-order chi connectivity index (χ0) is 24.1. The van der Waals surface area contributed by atoms with Crippen LogP contribution in [0.4, 0.5) is 10.5 Å². The number of nitrogens with one attached hydrogen (secondary N) is 2. The van der Waals surface area contributed by atoms with Crippen LogP contribution in [0.15, 0.2) is 72.8 Å². The number of urea groups is 1. The molecule has 4 N–H and O–H groups in total. The van der Waals surface area contributed by atoms with Crippen LogP contribution in [0.3, 0.4) is 0 Å². The fourth-order valence-corrected chi connectivity index (χ4v) is 3.51. The molecule has 1 aliphatic rings. The van der Waals surface area contributed by atoms with Crippen molar-refractivity contribution >= 4 is 29.4 Å². The minimum Gasteiger partial charge on any atom is -0.488 e. The molecule has 34 heavy (non-hydrogen) atoms. The van der Waals surface area contributed by atoms with Crippen molar-refractivity contribution in [2.45, 2.75) is 13.2 Å². The van der Waals surface area contributed by atoms with Gasteiger partial charge in [0.05, 0.1) is 18.7 Å². The van der Waals surface area contributed by atoms with Crippen molar-refractivity contribution in [3.63, 3.8) is 0 Å². The SMILES string of the molecule is NC(=O)c1ccccc1OCc1cccc(C(=O)Nc2cccc(CN3C(=O)CNC3=O)c2)c1. The molecule has 3 aromatic carbocycles. The number of carbonyl (C=O) groups is 4. The summed E-state index contributed by atoms with van der Waals surface area (Å²) in [5.74, 6) is -0.837. The number of ether oxygens (including phenoxy) is 1. The van der Waals surface area contributed by atoms with Crippen molar-refractivity contribution in [1.29, 1.82) is 0 Å². The van der Waals surface area contributed by atoms with E-state index in [-0.39, 0.29) is 37.1 Å². The maximum Gasteiger partial charge on any atom is 0.324 e. The van der Waals surface area contributed by atoms with Crippen molar-refractivity contribution in [3.05, 3.63) is 95.1 Å². The van der Waals surface area contributed by atoms with Gasteiger partial charge in [-0.05, 0) is 47.5 Å². The predicted molar refractivity (Wildman–Crippen MR) is 124 cm³/mol. The van der Waals surface area contributed by atoms with E-state index in [1.807, 2.05) is 6.07 Å². The number of hydrogen-bond donors (Lipinski definition) is 3. The van der Waals surface area contributed by atoms with Gasteiger partial charge in [0.25, 0.3) is 11.8 Å². The minimum atomic E-state index is -0.583. The third kappa shape index (κ3) is 5.21. The highest BCUT2D eigenvalue weighted by atomic mass is 16.5. The highest BCUT2D eigenvalue weighted by Gasteiger charge is 2.28. The van der Waals surface area contributed by atoms with Crippen LogP contribution in [0.5, 0.6) is 5.75 Å². The molecule has 0 atom stereocenters. The third-order valence-corrected chi connectivity index (χ3v) is 5.20. The molecule has 0 spiro atoms. The third-order valence-electron chi connectivity index (χ3n) is 5.20. The predicted octanol–water partition coefficient (Wildman–Crippen LogP) is 2.67. The zero-order valence-electron chi connectivity index (χ0n) is 18.1. The molecule has 0 aromatic heterocycles. The van der Waals surface area contributed by atoms with Gasteiger partial charge >= 0.3 is 6.03 Å². The number of nitrogens with two attached hydrogens (primary N) is 1. The molecule has 3 aromatic rings. The molecule has 0 radical (unpaired) electrons. The smallest absolute Gasteiger partial charge is 0.324 e. The Kier molecular flexibility index (Phi) is 6.54. The molecule has 1 heterocycles. The number of rotatable bonds is 8. The van der Waals surface area contributed by atoms with Gasteiger partial charge in [0.2, 0.25) is 5.91 Å². The molecule has 5 amide bonds. The Morgan fingerprint density at radius 2 is 1.74 bits per heavy atom. The first-order valence-corrected chi connectivity index (χ1v) is 10.5. The molecule has 4 rings (SSSR count). The molecule has 9 nitrogen and oxygen atoms in total. The van der Waals surface area contributed by atoms with Crippen molar-refractivity contribution in [3.8, 4) is 5.75 Å². The maximum atomic E-state index is 12.8. The van der Waals surface area contributed by atoms with Gasteiger partial charge in [0, 0.05) is 11.3 Å². The van der Waals surface area contributed by atoms with Crippen LogP contribution in [-0.4, -0.2) is 35.2 Å². The Bertz CT molecular complexity index is 1260. The molecule has 0 unspecified atom stereocenters. The van der Waals surface area contributed by atoms with Crippen LogP contribution >= 0.6 is 0 Å². The van der Waals surface area contributed by atoms with Crippen LogP contribution < -0.4 is 21.1 Å². The minimum absolute atomic E-state index is 0.0105. The Hall–Kier alpha value is -4.66. The van der Waals surface area contributed by atoms with Gasteiger partial charge in [0.15, 0.2) is 0 Å². The second kappa shape index (κ2) is 9.86. The van der Waals surface area contributed by atoms with Gasteiger partial charge in [-0.2, -0.15) is 0 Å². The summed E-state index contributed by atoms with van der Waals surface area (Å²) in [6.07, 6.45) is 0. The molecule has 172 valence electrons. The summed E-state index contributed by atoms with van der Waals surface area (Å²) in [6.45, 7) is 0.254. The molecule has 1 fully saturated rings. The first kappa shape index (κ1) is 22.5.